The van der Waals surface area contributed by atoms with Crippen LogP contribution in [-0.2, 0) is 16.2 Å². The maximum atomic E-state index is 13.4. The van der Waals surface area contributed by atoms with E-state index in [1.807, 2.05) is 61.5 Å². The van der Waals surface area contributed by atoms with Crippen LogP contribution in [0.4, 0.5) is 0 Å². The van der Waals surface area contributed by atoms with E-state index in [-0.39, 0.29) is 11.3 Å². The number of amides is 1. The second-order valence-corrected chi connectivity index (χ2v) is 9.54. The third-order valence-electron chi connectivity index (χ3n) is 7.22. The topological polar surface area (TPSA) is 79.3 Å². The predicted octanol–water partition coefficient (Wildman–Crippen LogP) is 5.35. The molecule has 4 rings (SSSR count). The van der Waals surface area contributed by atoms with E-state index in [1.54, 1.807) is 30.2 Å². The number of aliphatic hydroxyl groups is 1. The first-order valence-corrected chi connectivity index (χ1v) is 13.3. The van der Waals surface area contributed by atoms with E-state index in [0.29, 0.717) is 36.8 Å². The van der Waals surface area contributed by atoms with Crippen molar-refractivity contribution < 1.29 is 24.2 Å². The third-order valence-corrected chi connectivity index (χ3v) is 7.22. The van der Waals surface area contributed by atoms with Gasteiger partial charge >= 0.3 is 0 Å². The molecule has 1 N–H and O–H groups in total. The maximum Gasteiger partial charge on any atom is 0.295 e. The van der Waals surface area contributed by atoms with Gasteiger partial charge in [-0.25, -0.2) is 0 Å². The average molecular weight is 529 g/mol. The standard InChI is InChI=1S/C32H36N2O5/c1-5-33(6-2)18-19-34-29(24-12-14-25(15-13-24)39-21-23-10-8-7-9-11-23)28(31(36)32(34)37)30(35)27-17-16-26(38-4)20-22(27)3/h7-17,20,29,35H,5-6,18-19,21H2,1-4H3. The summed E-state index contributed by atoms with van der Waals surface area (Å²) < 4.78 is 11.2. The van der Waals surface area contributed by atoms with Crippen LogP contribution < -0.4 is 9.47 Å². The third kappa shape index (κ3) is 6.15. The number of Topliss-reactive ketones (excluding diaryl/α,β-unsaturated/α-hetero) is 1. The molecular formula is C32H36N2O5. The Morgan fingerprint density at radius 2 is 1.62 bits per heavy atom. The molecule has 1 heterocycles. The lowest BCUT2D eigenvalue weighted by Gasteiger charge is -2.28. The van der Waals surface area contributed by atoms with Gasteiger partial charge < -0.3 is 24.4 Å². The fraction of sp³-hybridized carbons (Fsp3) is 0.312. The average Bonchev–Trinajstić information content (AvgIpc) is 3.22. The summed E-state index contributed by atoms with van der Waals surface area (Å²) in [6.45, 7) is 9.05. The van der Waals surface area contributed by atoms with Gasteiger partial charge in [-0.3, -0.25) is 9.59 Å². The first-order chi connectivity index (χ1) is 18.9. The second kappa shape index (κ2) is 12.6. The Bertz CT molecular complexity index is 1330. The van der Waals surface area contributed by atoms with Crippen molar-refractivity contribution in [2.45, 2.75) is 33.4 Å². The van der Waals surface area contributed by atoms with Crippen LogP contribution in [0, 0.1) is 6.92 Å². The molecule has 39 heavy (non-hydrogen) atoms. The van der Waals surface area contributed by atoms with E-state index in [1.165, 1.54) is 0 Å². The number of carbonyl (C=O) groups is 2. The number of methoxy groups -OCH3 is 1. The molecule has 0 radical (unpaired) electrons. The summed E-state index contributed by atoms with van der Waals surface area (Å²) in [7, 11) is 1.57. The number of nitrogens with zero attached hydrogens (tertiary/aromatic N) is 2. The number of aliphatic hydroxyl groups excluding tert-OH is 1. The molecule has 0 saturated carbocycles. The highest BCUT2D eigenvalue weighted by Gasteiger charge is 2.46. The smallest absolute Gasteiger partial charge is 0.295 e. The summed E-state index contributed by atoms with van der Waals surface area (Å²) >= 11 is 0. The summed E-state index contributed by atoms with van der Waals surface area (Å²) in [5.41, 5.74) is 3.11. The Balaban J connectivity index is 1.70. The van der Waals surface area contributed by atoms with Gasteiger partial charge in [-0.15, -0.1) is 0 Å². The Hall–Kier alpha value is -4.10. The normalized spacial score (nSPS) is 16.6. The zero-order valence-corrected chi connectivity index (χ0v) is 23.0. The van der Waals surface area contributed by atoms with Crippen molar-refractivity contribution in [2.24, 2.45) is 0 Å². The maximum absolute atomic E-state index is 13.4. The number of carbonyl (C=O) groups excluding carboxylic acids is 2. The van der Waals surface area contributed by atoms with Crippen molar-refractivity contribution >= 4 is 17.4 Å². The number of likely N-dealkylation sites (N-methyl/N-ethyl adjacent to an activating group) is 1. The molecule has 0 spiro atoms. The minimum absolute atomic E-state index is 0.0887. The summed E-state index contributed by atoms with van der Waals surface area (Å²) in [5, 5.41) is 11.4. The molecule has 1 aliphatic heterocycles. The largest absolute Gasteiger partial charge is 0.507 e. The van der Waals surface area contributed by atoms with Crippen LogP contribution in [0.25, 0.3) is 5.76 Å². The van der Waals surface area contributed by atoms with Crippen molar-refractivity contribution in [3.63, 3.8) is 0 Å². The highest BCUT2D eigenvalue weighted by Crippen LogP contribution is 2.40. The molecule has 1 atom stereocenters. The van der Waals surface area contributed by atoms with Gasteiger partial charge in [0.05, 0.1) is 18.7 Å². The molecule has 1 aliphatic rings. The highest BCUT2D eigenvalue weighted by atomic mass is 16.5. The van der Waals surface area contributed by atoms with Gasteiger partial charge in [0.2, 0.25) is 0 Å². The second-order valence-electron chi connectivity index (χ2n) is 9.54. The monoisotopic (exact) mass is 528 g/mol. The van der Waals surface area contributed by atoms with Crippen molar-refractivity contribution in [1.29, 1.82) is 0 Å². The number of likely N-dealkylation sites (tertiary alicyclic amines) is 1. The Kier molecular flexibility index (Phi) is 9.04. The Morgan fingerprint density at radius 1 is 0.949 bits per heavy atom. The number of hydrogen-bond acceptors (Lipinski definition) is 6. The van der Waals surface area contributed by atoms with Crippen LogP contribution in [0.2, 0.25) is 0 Å². The fourth-order valence-corrected chi connectivity index (χ4v) is 4.91. The summed E-state index contributed by atoms with van der Waals surface area (Å²) in [6.07, 6.45) is 0. The molecule has 204 valence electrons. The van der Waals surface area contributed by atoms with Crippen molar-refractivity contribution in [3.8, 4) is 11.5 Å². The van der Waals surface area contributed by atoms with Gasteiger partial charge in [0.1, 0.15) is 23.9 Å². The number of hydrogen-bond donors (Lipinski definition) is 1. The molecule has 0 aliphatic carbocycles. The van der Waals surface area contributed by atoms with Gasteiger partial charge in [0, 0.05) is 18.7 Å². The molecule has 1 saturated heterocycles. The highest BCUT2D eigenvalue weighted by molar-refractivity contribution is 6.46. The number of ketones is 1. The molecule has 0 bridgehead atoms. The van der Waals surface area contributed by atoms with Crippen LogP contribution in [0.15, 0.2) is 78.4 Å². The minimum atomic E-state index is -0.717. The van der Waals surface area contributed by atoms with E-state index in [2.05, 4.69) is 18.7 Å². The minimum Gasteiger partial charge on any atom is -0.507 e. The zero-order valence-electron chi connectivity index (χ0n) is 23.0. The Labute approximate surface area is 230 Å². The van der Waals surface area contributed by atoms with Crippen molar-refractivity contribution in [3.05, 3.63) is 101 Å². The van der Waals surface area contributed by atoms with Crippen molar-refractivity contribution in [1.82, 2.24) is 9.80 Å². The summed E-state index contributed by atoms with van der Waals surface area (Å²) in [6, 6.07) is 21.8. The summed E-state index contributed by atoms with van der Waals surface area (Å²) in [4.78, 5) is 30.5. The van der Waals surface area contributed by atoms with Crippen LogP contribution in [0.5, 0.6) is 11.5 Å². The van der Waals surface area contributed by atoms with E-state index in [9.17, 15) is 14.7 Å². The van der Waals surface area contributed by atoms with Gasteiger partial charge in [-0.05, 0) is 67.0 Å². The lowest BCUT2D eigenvalue weighted by Crippen LogP contribution is -2.38. The summed E-state index contributed by atoms with van der Waals surface area (Å²) in [5.74, 6) is -0.158. The number of benzene rings is 3. The molecule has 1 fully saturated rings. The van der Waals surface area contributed by atoms with Gasteiger partial charge in [0.25, 0.3) is 11.7 Å². The quantitative estimate of drug-likeness (QED) is 0.205. The van der Waals surface area contributed by atoms with E-state index >= 15 is 0 Å². The first kappa shape index (κ1) is 27.9. The van der Waals surface area contributed by atoms with E-state index < -0.39 is 17.7 Å². The van der Waals surface area contributed by atoms with Crippen LogP contribution in [-0.4, -0.2) is 59.9 Å². The molecule has 3 aromatic rings. The van der Waals surface area contributed by atoms with Crippen LogP contribution in [0.3, 0.4) is 0 Å². The SMILES string of the molecule is CCN(CC)CCN1C(=O)C(=O)C(=C(O)c2ccc(OC)cc2C)C1c1ccc(OCc2ccccc2)cc1. The lowest BCUT2D eigenvalue weighted by atomic mass is 9.94. The molecule has 1 unspecified atom stereocenters. The van der Waals surface area contributed by atoms with Crippen LogP contribution in [0.1, 0.15) is 42.1 Å². The Morgan fingerprint density at radius 3 is 2.23 bits per heavy atom. The van der Waals surface area contributed by atoms with Crippen molar-refractivity contribution in [2.75, 3.05) is 33.3 Å². The lowest BCUT2D eigenvalue weighted by molar-refractivity contribution is -0.140. The fourth-order valence-electron chi connectivity index (χ4n) is 4.91. The van der Waals surface area contributed by atoms with E-state index in [4.69, 9.17) is 9.47 Å². The van der Waals surface area contributed by atoms with Gasteiger partial charge in [0.15, 0.2) is 0 Å². The molecule has 1 amide bonds. The van der Waals surface area contributed by atoms with Crippen LogP contribution >= 0.6 is 0 Å². The van der Waals surface area contributed by atoms with E-state index in [0.717, 1.165) is 29.8 Å². The molecule has 7 nitrogen and oxygen atoms in total. The molecule has 7 heteroatoms. The first-order valence-electron chi connectivity index (χ1n) is 13.3. The molecule has 0 aromatic heterocycles. The number of aryl methyl sites for hydroxylation is 1. The molecular weight excluding hydrogens is 492 g/mol. The van der Waals surface area contributed by atoms with Gasteiger partial charge in [-0.2, -0.15) is 0 Å². The number of ether oxygens (including phenoxy) is 2. The zero-order chi connectivity index (χ0) is 27.9. The number of rotatable bonds is 11. The van der Waals surface area contributed by atoms with Gasteiger partial charge in [-0.1, -0.05) is 56.3 Å². The predicted molar refractivity (Wildman–Crippen MR) is 152 cm³/mol. The molecule has 3 aromatic carbocycles.